The number of aromatic nitrogens is 5. The Morgan fingerprint density at radius 3 is 2.72 bits per heavy atom. The van der Waals surface area contributed by atoms with Crippen LogP contribution in [0.25, 0.3) is 11.1 Å². The lowest BCUT2D eigenvalue weighted by Crippen LogP contribution is -2.08. The molecule has 5 rings (SSSR count). The van der Waals surface area contributed by atoms with E-state index < -0.39 is 0 Å². The van der Waals surface area contributed by atoms with Crippen LogP contribution in [0.4, 0.5) is 17.3 Å². The molecular weight excluding hydrogens is 402 g/mol. The van der Waals surface area contributed by atoms with Gasteiger partial charge in [-0.3, -0.25) is 4.68 Å². The van der Waals surface area contributed by atoms with E-state index in [-0.39, 0.29) is 5.92 Å². The summed E-state index contributed by atoms with van der Waals surface area (Å²) >= 11 is 0. The van der Waals surface area contributed by atoms with Crippen LogP contribution in [-0.2, 0) is 13.6 Å². The number of anilines is 3. The average Bonchev–Trinajstić information content (AvgIpc) is 3.35. The summed E-state index contributed by atoms with van der Waals surface area (Å²) in [4.78, 5) is 4.88. The zero-order chi connectivity index (χ0) is 22.1. The number of aryl methyl sites for hydroxylation is 2. The summed E-state index contributed by atoms with van der Waals surface area (Å²) in [6.45, 7) is 0.874. The van der Waals surface area contributed by atoms with E-state index in [0.29, 0.717) is 5.95 Å². The molecule has 8 nitrogen and oxygen atoms in total. The summed E-state index contributed by atoms with van der Waals surface area (Å²) in [6.07, 6.45) is 7.09. The van der Waals surface area contributed by atoms with Crippen LogP contribution in [0, 0.1) is 0 Å². The van der Waals surface area contributed by atoms with Crippen LogP contribution in [0.1, 0.15) is 36.6 Å². The molecule has 0 amide bonds. The number of nitrogen functional groups attached to an aromatic ring is 1. The normalized spacial score (nSPS) is 15.8. The van der Waals surface area contributed by atoms with Crippen molar-refractivity contribution in [2.24, 2.45) is 7.05 Å². The lowest BCUT2D eigenvalue weighted by molar-refractivity contribution is 0.416. The highest BCUT2D eigenvalue weighted by Gasteiger charge is 2.24. The zero-order valence-corrected chi connectivity index (χ0v) is 18.3. The molecule has 164 valence electrons. The Kier molecular flexibility index (Phi) is 5.26. The Morgan fingerprint density at radius 2 is 1.97 bits per heavy atom. The third-order valence-electron chi connectivity index (χ3n) is 5.94. The van der Waals surface area contributed by atoms with Gasteiger partial charge in [-0.1, -0.05) is 18.6 Å². The van der Waals surface area contributed by atoms with Crippen LogP contribution in [0.15, 0.2) is 54.9 Å². The average molecular weight is 430 g/mol. The first kappa shape index (κ1) is 20.1. The summed E-state index contributed by atoms with van der Waals surface area (Å²) in [5.41, 5.74) is 10.8. The lowest BCUT2D eigenvalue weighted by Gasteiger charge is -2.14. The monoisotopic (exact) mass is 429 g/mol. The summed E-state index contributed by atoms with van der Waals surface area (Å²) < 4.78 is 9.45. The van der Waals surface area contributed by atoms with Crippen molar-refractivity contribution in [3.8, 4) is 16.9 Å². The molecule has 32 heavy (non-hydrogen) atoms. The number of nitrogens with two attached hydrogens (primary N) is 1. The number of rotatable bonds is 5. The predicted octanol–water partition coefficient (Wildman–Crippen LogP) is 4.33. The first-order chi connectivity index (χ1) is 15.6. The Labute approximate surface area is 187 Å². The number of methoxy groups -OCH3 is 1. The fourth-order valence-corrected chi connectivity index (χ4v) is 4.31. The minimum absolute atomic E-state index is 0.212. The zero-order valence-electron chi connectivity index (χ0n) is 18.3. The molecule has 0 radical (unpaired) electrons. The molecule has 0 bridgehead atoms. The second-order valence-corrected chi connectivity index (χ2v) is 8.17. The topological polar surface area (TPSA) is 95.8 Å². The predicted molar refractivity (Wildman–Crippen MR) is 125 cm³/mol. The van der Waals surface area contributed by atoms with Crippen molar-refractivity contribution < 1.29 is 4.74 Å². The molecule has 0 spiro atoms. The maximum Gasteiger partial charge on any atom is 0.246 e. The summed E-state index contributed by atoms with van der Waals surface area (Å²) in [7, 11) is 3.57. The van der Waals surface area contributed by atoms with Crippen molar-refractivity contribution >= 4 is 17.3 Å². The largest absolute Gasteiger partial charge is 0.496 e. The second-order valence-electron chi connectivity index (χ2n) is 8.17. The number of nitrogens with zero attached hydrogens (tertiary/aromatic N) is 5. The molecule has 0 aliphatic carbocycles. The molecule has 4 aromatic rings. The third-order valence-corrected chi connectivity index (χ3v) is 5.94. The first-order valence-electron chi connectivity index (χ1n) is 10.8. The van der Waals surface area contributed by atoms with Gasteiger partial charge in [-0.05, 0) is 42.7 Å². The van der Waals surface area contributed by atoms with Gasteiger partial charge in [-0.2, -0.15) is 10.1 Å². The summed E-state index contributed by atoms with van der Waals surface area (Å²) in [5, 5.41) is 12.4. The number of fused-ring (bicyclic) bond motifs is 1. The Balaban J connectivity index is 1.43. The van der Waals surface area contributed by atoms with Gasteiger partial charge in [0.05, 0.1) is 13.3 Å². The van der Waals surface area contributed by atoms with Crippen molar-refractivity contribution in [1.29, 1.82) is 0 Å². The van der Waals surface area contributed by atoms with Gasteiger partial charge in [0.1, 0.15) is 11.6 Å². The summed E-state index contributed by atoms with van der Waals surface area (Å²) in [5.74, 6) is 2.57. The highest BCUT2D eigenvalue weighted by atomic mass is 16.5. The first-order valence-corrected chi connectivity index (χ1v) is 10.8. The van der Waals surface area contributed by atoms with E-state index in [9.17, 15) is 0 Å². The molecule has 0 fully saturated rings. The molecule has 1 aliphatic heterocycles. The Bertz CT molecular complexity index is 1230. The minimum Gasteiger partial charge on any atom is -0.496 e. The SMILES string of the molecule is COc1cc(Nc2nc3n(n2)CCCCC3c2ccc(N)cc2)ccc1-c1cnn(C)c1. The van der Waals surface area contributed by atoms with Crippen molar-refractivity contribution in [1.82, 2.24) is 24.5 Å². The fraction of sp³-hybridized carbons (Fsp3) is 0.292. The van der Waals surface area contributed by atoms with Gasteiger partial charge < -0.3 is 15.8 Å². The molecular formula is C24H27N7O. The van der Waals surface area contributed by atoms with Gasteiger partial charge in [0.15, 0.2) is 0 Å². The second kappa shape index (κ2) is 8.37. The molecule has 3 N–H and O–H groups in total. The Morgan fingerprint density at radius 1 is 1.12 bits per heavy atom. The molecule has 1 atom stereocenters. The van der Waals surface area contributed by atoms with Crippen LogP contribution >= 0.6 is 0 Å². The standard InChI is InChI=1S/C24H27N7O/c1-30-15-17(14-26-30)20-11-10-19(13-22(20)32-2)27-24-28-23-21(5-3-4-12-31(23)29-24)16-6-8-18(25)9-7-16/h6-11,13-15,21H,3-5,12,25H2,1-2H3,(H,27,29). The van der Waals surface area contributed by atoms with Crippen LogP contribution in [-0.4, -0.2) is 31.7 Å². The smallest absolute Gasteiger partial charge is 0.246 e. The van der Waals surface area contributed by atoms with Gasteiger partial charge >= 0.3 is 0 Å². The van der Waals surface area contributed by atoms with E-state index in [1.54, 1.807) is 11.8 Å². The number of nitrogens with one attached hydrogen (secondary N) is 1. The quantitative estimate of drug-likeness (QED) is 0.459. The molecule has 2 aromatic carbocycles. The lowest BCUT2D eigenvalue weighted by atomic mass is 9.93. The van der Waals surface area contributed by atoms with E-state index >= 15 is 0 Å². The van der Waals surface area contributed by atoms with E-state index in [1.807, 2.05) is 54.5 Å². The van der Waals surface area contributed by atoms with Gasteiger partial charge in [0, 0.05) is 54.3 Å². The van der Waals surface area contributed by atoms with Crippen molar-refractivity contribution in [2.75, 3.05) is 18.2 Å². The molecule has 8 heteroatoms. The van der Waals surface area contributed by atoms with Gasteiger partial charge in [0.25, 0.3) is 0 Å². The van der Waals surface area contributed by atoms with E-state index in [2.05, 4.69) is 22.5 Å². The number of hydrogen-bond acceptors (Lipinski definition) is 6. The molecule has 0 saturated carbocycles. The van der Waals surface area contributed by atoms with Crippen molar-refractivity contribution in [3.05, 3.63) is 66.2 Å². The van der Waals surface area contributed by atoms with Gasteiger partial charge in [-0.25, -0.2) is 4.68 Å². The number of hydrogen-bond donors (Lipinski definition) is 2. The van der Waals surface area contributed by atoms with Crippen LogP contribution in [0.5, 0.6) is 5.75 Å². The molecule has 0 saturated heterocycles. The highest BCUT2D eigenvalue weighted by Crippen LogP contribution is 2.35. The summed E-state index contributed by atoms with van der Waals surface area (Å²) in [6, 6.07) is 14.1. The Hall–Kier alpha value is -3.81. The van der Waals surface area contributed by atoms with Crippen LogP contribution in [0.3, 0.4) is 0 Å². The van der Waals surface area contributed by atoms with E-state index in [0.717, 1.165) is 59.9 Å². The maximum atomic E-state index is 5.89. The number of benzene rings is 2. The third kappa shape index (κ3) is 3.91. The van der Waals surface area contributed by atoms with E-state index in [1.165, 1.54) is 5.56 Å². The molecule has 3 heterocycles. The minimum atomic E-state index is 0.212. The number of ether oxygens (including phenoxy) is 1. The molecule has 1 aliphatic rings. The van der Waals surface area contributed by atoms with Crippen molar-refractivity contribution in [2.45, 2.75) is 31.7 Å². The molecule has 2 aromatic heterocycles. The van der Waals surface area contributed by atoms with E-state index in [4.69, 9.17) is 20.6 Å². The van der Waals surface area contributed by atoms with Gasteiger partial charge in [0.2, 0.25) is 5.95 Å². The fourth-order valence-electron chi connectivity index (χ4n) is 4.31. The van der Waals surface area contributed by atoms with Gasteiger partial charge in [-0.15, -0.1) is 5.10 Å². The van der Waals surface area contributed by atoms with Crippen LogP contribution in [0.2, 0.25) is 0 Å². The molecule has 1 unspecified atom stereocenters. The maximum absolute atomic E-state index is 5.89. The highest BCUT2D eigenvalue weighted by molar-refractivity contribution is 5.73. The van der Waals surface area contributed by atoms with Crippen molar-refractivity contribution in [3.63, 3.8) is 0 Å². The van der Waals surface area contributed by atoms with Crippen LogP contribution < -0.4 is 15.8 Å².